The van der Waals surface area contributed by atoms with Crippen LogP contribution in [-0.2, 0) is 0 Å². The van der Waals surface area contributed by atoms with Gasteiger partial charge in [0.25, 0.3) is 0 Å². The van der Waals surface area contributed by atoms with E-state index in [4.69, 9.17) is 0 Å². The van der Waals surface area contributed by atoms with E-state index in [1.54, 1.807) is 0 Å². The van der Waals surface area contributed by atoms with E-state index in [0.29, 0.717) is 11.1 Å². The Morgan fingerprint density at radius 1 is 0.345 bits per heavy atom. The second kappa shape index (κ2) is 11.8. The minimum Gasteiger partial charge on any atom is -0.308 e. The molecule has 11 rings (SSSR count). The summed E-state index contributed by atoms with van der Waals surface area (Å²) in [6.07, 6.45) is 0. The van der Waals surface area contributed by atoms with E-state index in [1.807, 2.05) is 48.5 Å². The number of nitriles is 2. The van der Waals surface area contributed by atoms with Gasteiger partial charge >= 0.3 is 0 Å². The number of hydrogen-bond acceptors (Lipinski definition) is 2. The highest BCUT2D eigenvalue weighted by molar-refractivity contribution is 6.15. The van der Waals surface area contributed by atoms with Gasteiger partial charge in [0, 0.05) is 38.0 Å². The van der Waals surface area contributed by atoms with Gasteiger partial charge in [-0.15, -0.1) is 0 Å². The monoisotopic (exact) mass is 699 g/mol. The van der Waals surface area contributed by atoms with Crippen molar-refractivity contribution in [2.24, 2.45) is 0 Å². The molecule has 5 heteroatoms. The Morgan fingerprint density at radius 2 is 0.836 bits per heavy atom. The predicted octanol–water partition coefficient (Wildman–Crippen LogP) is 12.4. The first kappa shape index (κ1) is 30.7. The highest BCUT2D eigenvalue weighted by atomic mass is 15.1. The number of benzene rings is 8. The topological polar surface area (TPSA) is 62.4 Å². The van der Waals surface area contributed by atoms with Gasteiger partial charge in [-0.2, -0.15) is 10.5 Å². The molecule has 0 atom stereocenters. The molecule has 0 N–H and O–H groups in total. The van der Waals surface area contributed by atoms with Crippen LogP contribution in [0.5, 0.6) is 0 Å². The molecular weight excluding hydrogens is 671 g/mol. The highest BCUT2D eigenvalue weighted by Gasteiger charge is 2.21. The first-order valence-electron chi connectivity index (χ1n) is 18.3. The standard InChI is InChI=1S/C50H29N5/c51-30-34-24-23-33(29-48(34)55-45-20-8-4-15-41(45)49-35(31-52)11-9-21-46(49)55)32-25-27-36(28-26-32)53-42-17-5-3-14-39(42)40-16-10-22-47(50(40)53)54-43-18-6-1-12-37(43)38-13-2-7-19-44(38)54/h1-29H. The van der Waals surface area contributed by atoms with Crippen LogP contribution in [0.4, 0.5) is 0 Å². The van der Waals surface area contributed by atoms with Crippen molar-refractivity contribution >= 4 is 65.4 Å². The molecule has 8 aromatic carbocycles. The summed E-state index contributed by atoms with van der Waals surface area (Å²) in [4.78, 5) is 0. The van der Waals surface area contributed by atoms with Crippen molar-refractivity contribution in [1.82, 2.24) is 13.7 Å². The average molecular weight is 700 g/mol. The SMILES string of the molecule is N#Cc1ccc(-c2ccc(-n3c4ccccc4c4cccc(-n5c6ccccc6c6ccccc65)c43)cc2)cc1-n1c2ccccc2c2c(C#N)cccc21. The van der Waals surface area contributed by atoms with Gasteiger partial charge in [0.05, 0.1) is 61.7 Å². The third kappa shape index (κ3) is 4.39. The van der Waals surface area contributed by atoms with E-state index >= 15 is 0 Å². The van der Waals surface area contributed by atoms with Crippen molar-refractivity contribution in [3.63, 3.8) is 0 Å². The molecule has 254 valence electrons. The summed E-state index contributed by atoms with van der Waals surface area (Å²) in [6, 6.07) is 66.0. The fourth-order valence-electron chi connectivity index (χ4n) is 8.80. The summed E-state index contributed by atoms with van der Waals surface area (Å²) in [6.45, 7) is 0. The van der Waals surface area contributed by atoms with Gasteiger partial charge < -0.3 is 13.7 Å². The summed E-state index contributed by atoms with van der Waals surface area (Å²) < 4.78 is 6.92. The van der Waals surface area contributed by atoms with E-state index in [9.17, 15) is 10.5 Å². The molecule has 0 aliphatic rings. The molecule has 0 fully saturated rings. The van der Waals surface area contributed by atoms with Crippen molar-refractivity contribution in [2.75, 3.05) is 0 Å². The van der Waals surface area contributed by atoms with E-state index in [-0.39, 0.29) is 0 Å². The lowest BCUT2D eigenvalue weighted by Crippen LogP contribution is -2.01. The first-order chi connectivity index (χ1) is 27.2. The molecule has 0 amide bonds. The molecular formula is C50H29N5. The lowest BCUT2D eigenvalue weighted by atomic mass is 10.0. The van der Waals surface area contributed by atoms with Crippen molar-refractivity contribution in [1.29, 1.82) is 10.5 Å². The second-order valence-electron chi connectivity index (χ2n) is 14.0. The maximum atomic E-state index is 10.3. The normalized spacial score (nSPS) is 11.6. The van der Waals surface area contributed by atoms with Gasteiger partial charge in [0.15, 0.2) is 0 Å². The van der Waals surface area contributed by atoms with E-state index in [2.05, 4.69) is 153 Å². The van der Waals surface area contributed by atoms with Crippen LogP contribution >= 0.6 is 0 Å². The number of rotatable bonds is 4. The zero-order valence-electron chi connectivity index (χ0n) is 29.5. The molecule has 3 heterocycles. The molecule has 0 aliphatic carbocycles. The fourth-order valence-corrected chi connectivity index (χ4v) is 8.80. The Kier molecular flexibility index (Phi) is 6.61. The molecule has 11 aromatic rings. The third-order valence-corrected chi connectivity index (χ3v) is 11.1. The summed E-state index contributed by atoms with van der Waals surface area (Å²) in [5.41, 5.74) is 12.7. The van der Waals surface area contributed by atoms with Gasteiger partial charge in [-0.1, -0.05) is 109 Å². The quantitative estimate of drug-likeness (QED) is 0.184. The van der Waals surface area contributed by atoms with Crippen LogP contribution in [0.15, 0.2) is 176 Å². The summed E-state index contributed by atoms with van der Waals surface area (Å²) >= 11 is 0. The van der Waals surface area contributed by atoms with Crippen LogP contribution in [0.25, 0.3) is 93.6 Å². The van der Waals surface area contributed by atoms with Crippen LogP contribution in [0.2, 0.25) is 0 Å². The summed E-state index contributed by atoms with van der Waals surface area (Å²) in [7, 11) is 0. The highest BCUT2D eigenvalue weighted by Crippen LogP contribution is 2.40. The molecule has 0 aliphatic heterocycles. The average Bonchev–Trinajstić information content (AvgIpc) is 3.89. The second-order valence-corrected chi connectivity index (χ2v) is 14.0. The lowest BCUT2D eigenvalue weighted by Gasteiger charge is -2.15. The molecule has 3 aromatic heterocycles. The van der Waals surface area contributed by atoms with Crippen LogP contribution in [0.1, 0.15) is 11.1 Å². The zero-order valence-corrected chi connectivity index (χ0v) is 29.5. The summed E-state index contributed by atoms with van der Waals surface area (Å²) in [5.74, 6) is 0. The molecule has 0 saturated heterocycles. The van der Waals surface area contributed by atoms with Crippen LogP contribution in [-0.4, -0.2) is 13.7 Å². The number of para-hydroxylation sites is 5. The maximum Gasteiger partial charge on any atom is 0.101 e. The molecule has 0 spiro atoms. The number of aromatic nitrogens is 3. The minimum atomic E-state index is 0.563. The Bertz CT molecular complexity index is 3400. The molecule has 0 bridgehead atoms. The molecule has 55 heavy (non-hydrogen) atoms. The number of fused-ring (bicyclic) bond motifs is 9. The maximum absolute atomic E-state index is 10.3. The first-order valence-corrected chi connectivity index (χ1v) is 18.3. The molecule has 0 unspecified atom stereocenters. The minimum absolute atomic E-state index is 0.563. The Hall–Kier alpha value is -7.86. The van der Waals surface area contributed by atoms with E-state index in [1.165, 1.54) is 32.6 Å². The Labute approximate surface area is 316 Å². The van der Waals surface area contributed by atoms with Crippen molar-refractivity contribution in [2.45, 2.75) is 0 Å². The molecule has 0 saturated carbocycles. The van der Waals surface area contributed by atoms with E-state index in [0.717, 1.165) is 61.0 Å². The third-order valence-electron chi connectivity index (χ3n) is 11.1. The van der Waals surface area contributed by atoms with Crippen LogP contribution in [0, 0.1) is 22.7 Å². The van der Waals surface area contributed by atoms with Gasteiger partial charge in [0.2, 0.25) is 0 Å². The van der Waals surface area contributed by atoms with Crippen LogP contribution < -0.4 is 0 Å². The zero-order chi connectivity index (χ0) is 36.6. The Morgan fingerprint density at radius 3 is 1.49 bits per heavy atom. The lowest BCUT2D eigenvalue weighted by molar-refractivity contribution is 1.13. The van der Waals surface area contributed by atoms with Gasteiger partial charge in [0.1, 0.15) is 6.07 Å². The Balaban J connectivity index is 1.11. The smallest absolute Gasteiger partial charge is 0.101 e. The predicted molar refractivity (Wildman–Crippen MR) is 224 cm³/mol. The molecule has 5 nitrogen and oxygen atoms in total. The van der Waals surface area contributed by atoms with Gasteiger partial charge in [-0.3, -0.25) is 0 Å². The number of nitrogens with zero attached hydrogens (tertiary/aromatic N) is 5. The van der Waals surface area contributed by atoms with Crippen molar-refractivity contribution < 1.29 is 0 Å². The fraction of sp³-hybridized carbons (Fsp3) is 0. The van der Waals surface area contributed by atoms with Crippen molar-refractivity contribution in [3.05, 3.63) is 187 Å². The summed E-state index contributed by atoms with van der Waals surface area (Å²) in [5, 5.41) is 27.1. The van der Waals surface area contributed by atoms with Crippen LogP contribution in [0.3, 0.4) is 0 Å². The molecule has 0 radical (unpaired) electrons. The van der Waals surface area contributed by atoms with Gasteiger partial charge in [-0.25, -0.2) is 0 Å². The van der Waals surface area contributed by atoms with E-state index < -0.39 is 0 Å². The number of hydrogen-bond donors (Lipinski definition) is 0. The van der Waals surface area contributed by atoms with Gasteiger partial charge in [-0.05, 0) is 77.9 Å². The largest absolute Gasteiger partial charge is 0.308 e. The van der Waals surface area contributed by atoms with Crippen molar-refractivity contribution in [3.8, 4) is 40.3 Å².